The molecule has 13 heteroatoms. The fraction of sp³-hybridized carbons (Fsp3) is 0.387. The third-order valence-electron chi connectivity index (χ3n) is 11.1. The number of hydrogen-bond donors (Lipinski definition) is 2. The summed E-state index contributed by atoms with van der Waals surface area (Å²) < 4.78 is 22.8. The summed E-state index contributed by atoms with van der Waals surface area (Å²) >= 11 is 3.29. The van der Waals surface area contributed by atoms with Crippen molar-refractivity contribution in [2.45, 2.75) is 134 Å². The summed E-state index contributed by atoms with van der Waals surface area (Å²) in [4.78, 5) is 11.2. The van der Waals surface area contributed by atoms with Crippen molar-refractivity contribution in [2.24, 2.45) is 11.8 Å². The van der Waals surface area contributed by atoms with Crippen LogP contribution >= 0.6 is 15.9 Å². The molecule has 1 fully saturated rings. The molecule has 6 aromatic rings. The van der Waals surface area contributed by atoms with E-state index in [4.69, 9.17) is 29.0 Å². The van der Waals surface area contributed by atoms with Gasteiger partial charge in [0, 0.05) is 25.8 Å². The number of epoxide rings is 1. The van der Waals surface area contributed by atoms with E-state index in [9.17, 15) is 10.2 Å². The first-order chi connectivity index (χ1) is 33.3. The minimum Gasteiger partial charge on any atom is -1.00 e. The monoisotopic (exact) mass is 1240 g/mol. The maximum absolute atomic E-state index is 10.4. The minimum atomic E-state index is -0.501. The zero-order valence-electron chi connectivity index (χ0n) is 46.1. The summed E-state index contributed by atoms with van der Waals surface area (Å²) in [5.74, 6) is 4.08. The molecule has 6 aromatic carbocycles. The standard InChI is InChI=1S/C21H28O2.C16H17BrO2.C16H16O2.C5H12.CH2O3.2CH4.CH3.2K.Pd.H/c1-4-16(2)10-11-21(22)19-12-17(3)13-20(14-19)23-15-18-8-6-5-7-9-18;1-12-7-14(16(18)10-17)9-15(8-12)19-11-13-5-3-2-4-6-13;1-12-7-14(16-11-18-16)9-15(8-12)17-10-13-5-3-2-4-6-13;1-4-5(2)3;2-1-4-3;;;;;;;/h5-9,12-14,16,21-22H,4,10-11,15H2,1-3H3;2-9,16,18H,10-11H2,1H3;2-9,16H,10-11H2,1H3;5H,4H2,1-3H3;1,3H;2*1H4;1H3;;;;/q;;;;;;;-1;2*+1;;-1/p-1. The third kappa shape index (κ3) is 35.6. The van der Waals surface area contributed by atoms with Gasteiger partial charge in [0.05, 0.1) is 18.8 Å². The van der Waals surface area contributed by atoms with Gasteiger partial charge < -0.3 is 48.2 Å². The van der Waals surface area contributed by atoms with E-state index in [0.29, 0.717) is 31.1 Å². The normalized spacial score (nSPS) is 12.4. The molecule has 0 bridgehead atoms. The zero-order valence-corrected chi connectivity index (χ0v) is 54.5. The van der Waals surface area contributed by atoms with Crippen molar-refractivity contribution in [3.05, 3.63) is 203 Å². The molecule has 0 aromatic heterocycles. The summed E-state index contributed by atoms with van der Waals surface area (Å²) in [7, 11) is 0. The number of rotatable bonds is 19. The van der Waals surface area contributed by atoms with E-state index >= 15 is 0 Å². The molecule has 1 saturated heterocycles. The molecule has 1 heterocycles. The Balaban J connectivity index is -0.000000295. The quantitative estimate of drug-likeness (QED) is 0.0155. The number of halogens is 1. The Kier molecular flexibility index (Phi) is 50.4. The van der Waals surface area contributed by atoms with Crippen LogP contribution in [0.2, 0.25) is 0 Å². The molecule has 7 rings (SSSR count). The Morgan fingerprint density at radius 3 is 1.29 bits per heavy atom. The van der Waals surface area contributed by atoms with Gasteiger partial charge in [0.1, 0.15) is 43.2 Å². The molecule has 2 N–H and O–H groups in total. The van der Waals surface area contributed by atoms with Gasteiger partial charge in [-0.15, -0.1) is 0 Å². The van der Waals surface area contributed by atoms with E-state index in [-0.39, 0.29) is 159 Å². The van der Waals surface area contributed by atoms with Crippen LogP contribution in [0.25, 0.3) is 0 Å². The van der Waals surface area contributed by atoms with Crippen LogP contribution in [0.3, 0.4) is 0 Å². The molecule has 0 spiro atoms. The first-order valence-corrected chi connectivity index (χ1v) is 25.0. The summed E-state index contributed by atoms with van der Waals surface area (Å²) in [5.41, 5.74) is 9.93. The van der Waals surface area contributed by atoms with E-state index < -0.39 is 12.2 Å². The first-order valence-electron chi connectivity index (χ1n) is 23.9. The Morgan fingerprint density at radius 2 is 0.973 bits per heavy atom. The van der Waals surface area contributed by atoms with Gasteiger partial charge in [-0.05, 0) is 132 Å². The first kappa shape index (κ1) is 79.9. The van der Waals surface area contributed by atoms with Gasteiger partial charge in [-0.3, -0.25) is 4.79 Å². The number of aliphatic hydroxyl groups excluding tert-OH is 2. The van der Waals surface area contributed by atoms with Crippen molar-refractivity contribution >= 4 is 22.4 Å². The number of alkyl halides is 1. The fourth-order valence-electron chi connectivity index (χ4n) is 6.52. The van der Waals surface area contributed by atoms with Crippen molar-refractivity contribution in [3.63, 3.8) is 0 Å². The molecular weight excluding hydrogens is 1150 g/mol. The molecule has 9 nitrogen and oxygen atoms in total. The van der Waals surface area contributed by atoms with Crippen molar-refractivity contribution in [3.8, 4) is 17.2 Å². The molecule has 408 valence electrons. The van der Waals surface area contributed by atoms with Crippen LogP contribution in [0.5, 0.6) is 17.2 Å². The van der Waals surface area contributed by atoms with Gasteiger partial charge in [0.2, 0.25) is 0 Å². The van der Waals surface area contributed by atoms with Crippen molar-refractivity contribution < 1.29 is 169 Å². The van der Waals surface area contributed by atoms with Crippen molar-refractivity contribution in [1.29, 1.82) is 0 Å². The predicted molar refractivity (Wildman–Crippen MR) is 300 cm³/mol. The largest absolute Gasteiger partial charge is 1.00 e. The Labute approximate surface area is 561 Å². The number of carbonyl (C=O) groups is 1. The summed E-state index contributed by atoms with van der Waals surface area (Å²) in [5, 5.41) is 29.3. The zero-order chi connectivity index (χ0) is 50.4. The van der Waals surface area contributed by atoms with Crippen molar-refractivity contribution in [1.82, 2.24) is 0 Å². The van der Waals surface area contributed by atoms with Gasteiger partial charge in [0.15, 0.2) is 0 Å². The summed E-state index contributed by atoms with van der Waals surface area (Å²) in [6, 6.07) is 48.6. The van der Waals surface area contributed by atoms with Gasteiger partial charge >= 0.3 is 103 Å². The Bertz CT molecular complexity index is 2310. The van der Waals surface area contributed by atoms with Gasteiger partial charge in [0.25, 0.3) is 6.47 Å². The smallest absolute Gasteiger partial charge is 1.00 e. The second-order valence-electron chi connectivity index (χ2n) is 17.7. The van der Waals surface area contributed by atoms with Crippen LogP contribution < -0.4 is 122 Å². The molecule has 1 aliphatic heterocycles. The van der Waals surface area contributed by atoms with Gasteiger partial charge in [-0.25, -0.2) is 0 Å². The van der Waals surface area contributed by atoms with E-state index in [1.54, 1.807) is 0 Å². The summed E-state index contributed by atoms with van der Waals surface area (Å²) in [6.07, 6.45) is 3.68. The van der Waals surface area contributed by atoms with E-state index in [0.717, 1.165) is 82.4 Å². The number of benzene rings is 6. The van der Waals surface area contributed by atoms with Gasteiger partial charge in [-0.1, -0.05) is 187 Å². The van der Waals surface area contributed by atoms with E-state index in [1.807, 2.05) is 111 Å². The maximum atomic E-state index is 10.4. The number of aliphatic hydroxyl groups is 2. The van der Waals surface area contributed by atoms with Crippen LogP contribution in [0.1, 0.15) is 145 Å². The molecule has 4 atom stereocenters. The molecule has 75 heavy (non-hydrogen) atoms. The van der Waals surface area contributed by atoms with Gasteiger partial charge in [-0.2, -0.15) is 0 Å². The van der Waals surface area contributed by atoms with E-state index in [1.165, 1.54) is 23.1 Å². The topological polar surface area (TPSA) is 130 Å². The molecular formula is C62H86BrK2O9Pd-. The Hall–Kier alpha value is -1.55. The molecule has 0 aliphatic carbocycles. The van der Waals surface area contributed by atoms with Crippen LogP contribution in [-0.2, 0) is 54.7 Å². The summed E-state index contributed by atoms with van der Waals surface area (Å²) in [6.45, 7) is 19.5. The average Bonchev–Trinajstić information content (AvgIpc) is 4.23. The third-order valence-corrected chi connectivity index (χ3v) is 11.7. The average molecular weight is 1240 g/mol. The van der Waals surface area contributed by atoms with Crippen molar-refractivity contribution in [2.75, 3.05) is 11.9 Å². The number of aryl methyl sites for hydroxylation is 3. The number of ether oxygens (including phenoxy) is 4. The second kappa shape index (κ2) is 47.3. The van der Waals surface area contributed by atoms with Crippen LogP contribution in [0, 0.1) is 40.0 Å². The van der Waals surface area contributed by atoms with Crippen LogP contribution in [-0.4, -0.2) is 28.6 Å². The fourth-order valence-corrected chi connectivity index (χ4v) is 6.89. The number of carbonyl (C=O) groups excluding carboxylic acids is 1. The minimum absolute atomic E-state index is 0. The molecule has 4 unspecified atom stereocenters. The molecule has 0 saturated carbocycles. The molecule has 1 aliphatic rings. The number of hydrogen-bond acceptors (Lipinski definition) is 9. The molecule has 0 radical (unpaired) electrons. The van der Waals surface area contributed by atoms with Crippen LogP contribution in [0.15, 0.2) is 146 Å². The van der Waals surface area contributed by atoms with E-state index in [2.05, 4.69) is 111 Å². The Morgan fingerprint density at radius 1 is 0.627 bits per heavy atom. The predicted octanol–water partition coefficient (Wildman–Crippen LogP) is 9.41. The maximum Gasteiger partial charge on any atom is 1.00 e. The second-order valence-corrected chi connectivity index (χ2v) is 18.3. The van der Waals surface area contributed by atoms with Crippen LogP contribution in [0.4, 0.5) is 0 Å². The SMILES string of the molecule is C.C.CCC(C)C.CCC(C)CCC(O)c1cc(C)cc(OCc2ccccc2)c1.Cc1cc(OCc2ccccc2)cc(C(O)CBr)c1.Cc1cc(OCc2ccccc2)cc(C2CO2)c1.O=CO[O-].[CH3-].[H-].[K+].[K+].[Pd]. The molecule has 0 amide bonds.